The monoisotopic (exact) mass is 869 g/mol. The van der Waals surface area contributed by atoms with Gasteiger partial charge in [-0.1, -0.05) is 157 Å². The molecule has 0 spiro atoms. The summed E-state index contributed by atoms with van der Waals surface area (Å²) in [4.78, 5) is 13.3. The summed E-state index contributed by atoms with van der Waals surface area (Å²) < 4.78 is 0. The minimum atomic E-state index is -0.168. The van der Waals surface area contributed by atoms with E-state index in [0.29, 0.717) is 17.0 Å². The van der Waals surface area contributed by atoms with Crippen LogP contribution in [0.25, 0.3) is 55.8 Å². The van der Waals surface area contributed by atoms with Crippen molar-refractivity contribution in [2.45, 2.75) is 9.79 Å². The Balaban J connectivity index is 1.31. The Hall–Kier alpha value is -5.71. The fourth-order valence-electron chi connectivity index (χ4n) is 8.58. The second-order valence-electron chi connectivity index (χ2n) is 16.4. The number of benzene rings is 8. The lowest BCUT2D eigenvalue weighted by Gasteiger charge is -2.40. The first-order chi connectivity index (χ1) is 33.4. The van der Waals surface area contributed by atoms with Crippen molar-refractivity contribution in [2.24, 2.45) is 0 Å². The highest BCUT2D eigenvalue weighted by molar-refractivity contribution is 7.99. The van der Waals surface area contributed by atoms with Crippen LogP contribution in [0, 0.1) is 0 Å². The highest BCUT2D eigenvalue weighted by Crippen LogP contribution is 2.39. The molecule has 70 heavy (non-hydrogen) atoms. The Morgan fingerprint density at radius 2 is 0.700 bits per heavy atom. The van der Waals surface area contributed by atoms with Gasteiger partial charge in [-0.05, 0) is 52.2 Å². The largest absolute Gasteiger partial charge is 0.314 e. The quantitative estimate of drug-likeness (QED) is 0.136. The Labute approximate surface area is 434 Å². The van der Waals surface area contributed by atoms with Crippen molar-refractivity contribution in [3.05, 3.63) is 115 Å². The minimum absolute atomic E-state index is 0.0102. The molecular weight excluding hydrogens is 848 g/mol. The van der Waals surface area contributed by atoms with Crippen molar-refractivity contribution in [1.82, 2.24) is 9.97 Å². The zero-order valence-corrected chi connectivity index (χ0v) is 38.3. The van der Waals surface area contributed by atoms with E-state index in [-0.39, 0.29) is 115 Å². The van der Waals surface area contributed by atoms with Gasteiger partial charge in [0.2, 0.25) is 0 Å². The van der Waals surface area contributed by atoms with Gasteiger partial charge in [0, 0.05) is 43.5 Å². The van der Waals surface area contributed by atoms with Gasteiger partial charge in [0.15, 0.2) is 5.82 Å². The maximum absolute atomic E-state index is 7.16. The lowest BCUT2D eigenvalue weighted by Crippen LogP contribution is -2.58. The highest BCUT2D eigenvalue weighted by atomic mass is 32.2. The predicted molar refractivity (Wildman–Crippen MR) is 313 cm³/mol. The van der Waals surface area contributed by atoms with Crippen LogP contribution in [-0.2, 0) is 0 Å². The van der Waals surface area contributed by atoms with Gasteiger partial charge >= 0.3 is 0 Å². The number of rotatable bonds is 9. The number of hydrogen-bond donors (Lipinski definition) is 0. The molecule has 0 aliphatic rings. The summed E-state index contributed by atoms with van der Waals surface area (Å²) in [6.07, 6.45) is 0. The standard InChI is InChI=1S/C50H19B16N3S/c51-31-28(22-16-17-24(27(18-22)70-23-14-8-3-9-15-23)50-67-25(20-10-4-1-5-11-20)19-26(68-50)21-12-6-2-7-13-21)32(52)43(63)48(42(31)62)69(49-45(65)40(60)39(59)41(61)46(49)66)47-36(56)30-29(35(55)44(47)64)33(53)37(57)38(58)34(30)54/h1-19H. The fraction of sp³-hybridized carbons (Fsp3) is 0. The van der Waals surface area contributed by atoms with Crippen LogP contribution in [0.4, 0.5) is 17.1 Å². The molecule has 0 unspecified atom stereocenters. The topological polar surface area (TPSA) is 29.0 Å². The molecule has 32 radical (unpaired) electrons. The lowest BCUT2D eigenvalue weighted by atomic mass is 9.59. The van der Waals surface area contributed by atoms with E-state index in [9.17, 15) is 0 Å². The first-order valence-electron chi connectivity index (χ1n) is 21.4. The summed E-state index contributed by atoms with van der Waals surface area (Å²) in [6.45, 7) is 0. The molecule has 0 atom stereocenters. The molecule has 1 heterocycles. The molecular formula is C50H19B16N3S. The molecule has 8 aromatic carbocycles. The number of hydrogen-bond acceptors (Lipinski definition) is 4. The predicted octanol–water partition coefficient (Wildman–Crippen LogP) is -5.38. The van der Waals surface area contributed by atoms with Gasteiger partial charge in [0.1, 0.15) is 126 Å². The van der Waals surface area contributed by atoms with E-state index < -0.39 is 0 Å². The molecule has 0 aliphatic carbocycles. The molecule has 9 aromatic rings. The SMILES string of the molecule is [B]c1c([B])c([B])c(N(c2c([B])c([B])c(-c3ccc(-c4nc(-c5ccccc5)cc(-c5ccccc5)n4)c(Sc4ccccc4)c3)c([B])c2[B])c2c([B])c([B])c3c([B])c([B])c([B])c([B])c3c2[B])c([B])c1[B]. The molecule has 0 N–H and O–H groups in total. The first kappa shape index (κ1) is 49.3. The van der Waals surface area contributed by atoms with Crippen LogP contribution in [-0.4, -0.2) is 136 Å². The van der Waals surface area contributed by atoms with E-state index >= 15 is 0 Å². The highest BCUT2D eigenvalue weighted by Gasteiger charge is 2.29. The van der Waals surface area contributed by atoms with Crippen LogP contribution in [0.5, 0.6) is 0 Å². The van der Waals surface area contributed by atoms with E-state index in [1.54, 1.807) is 0 Å². The summed E-state index contributed by atoms with van der Waals surface area (Å²) in [7, 11) is 108. The van der Waals surface area contributed by atoms with Gasteiger partial charge < -0.3 is 4.90 Å². The molecule has 288 valence electrons. The van der Waals surface area contributed by atoms with Crippen LogP contribution in [0.1, 0.15) is 0 Å². The average Bonchev–Trinajstić information content (AvgIpc) is 3.37. The summed E-state index contributed by atoms with van der Waals surface area (Å²) >= 11 is 1.49. The summed E-state index contributed by atoms with van der Waals surface area (Å²) in [6, 6.07) is 37.3. The van der Waals surface area contributed by atoms with Crippen molar-refractivity contribution in [2.75, 3.05) is 4.90 Å². The second-order valence-corrected chi connectivity index (χ2v) is 17.6. The molecule has 20 heteroatoms. The van der Waals surface area contributed by atoms with Gasteiger partial charge in [0.05, 0.1) is 11.4 Å². The van der Waals surface area contributed by atoms with E-state index in [4.69, 9.17) is 136 Å². The Kier molecular flexibility index (Phi) is 13.7. The third-order valence-corrected chi connectivity index (χ3v) is 13.4. The number of fused-ring (bicyclic) bond motifs is 1. The Bertz CT molecular complexity index is 3490. The molecule has 0 saturated carbocycles. The van der Waals surface area contributed by atoms with Crippen LogP contribution in [0.2, 0.25) is 0 Å². The molecule has 3 nitrogen and oxygen atoms in total. The van der Waals surface area contributed by atoms with Gasteiger partial charge in [-0.3, -0.25) is 0 Å². The molecule has 0 bridgehead atoms. The second kappa shape index (κ2) is 19.5. The first-order valence-corrected chi connectivity index (χ1v) is 22.2. The van der Waals surface area contributed by atoms with Gasteiger partial charge in [-0.25, -0.2) is 9.97 Å². The minimum Gasteiger partial charge on any atom is -0.314 e. The normalized spacial score (nSPS) is 11.3. The third-order valence-electron chi connectivity index (χ3n) is 12.3. The van der Waals surface area contributed by atoms with Crippen molar-refractivity contribution < 1.29 is 0 Å². The van der Waals surface area contributed by atoms with E-state index in [2.05, 4.69) is 0 Å². The Morgan fingerprint density at radius 3 is 1.19 bits per heavy atom. The van der Waals surface area contributed by atoms with Crippen molar-refractivity contribution in [3.63, 3.8) is 0 Å². The van der Waals surface area contributed by atoms with E-state index in [0.717, 1.165) is 37.9 Å². The molecule has 0 fully saturated rings. The molecule has 1 aromatic heterocycles. The van der Waals surface area contributed by atoms with Crippen LogP contribution in [0.15, 0.2) is 125 Å². The summed E-state index contributed by atoms with van der Waals surface area (Å²) in [5.74, 6) is 0.477. The van der Waals surface area contributed by atoms with E-state index in [1.165, 1.54) is 16.7 Å². The fourth-order valence-corrected chi connectivity index (χ4v) is 9.58. The summed E-state index contributed by atoms with van der Waals surface area (Å²) in [5.41, 5.74) is 3.09. The molecule has 0 amide bonds. The van der Waals surface area contributed by atoms with Gasteiger partial charge in [0.25, 0.3) is 0 Å². The van der Waals surface area contributed by atoms with Crippen molar-refractivity contribution in [3.8, 4) is 45.0 Å². The average molecular weight is 867 g/mol. The maximum Gasteiger partial charge on any atom is 0.161 e. The van der Waals surface area contributed by atoms with Gasteiger partial charge in [-0.2, -0.15) is 0 Å². The molecule has 0 saturated heterocycles. The zero-order valence-electron chi connectivity index (χ0n) is 37.5. The summed E-state index contributed by atoms with van der Waals surface area (Å²) in [5, 5.41) is 0.230. The maximum atomic E-state index is 7.16. The number of anilines is 3. The van der Waals surface area contributed by atoms with E-state index in [1.807, 2.05) is 115 Å². The Morgan fingerprint density at radius 1 is 0.329 bits per heavy atom. The van der Waals surface area contributed by atoms with Crippen molar-refractivity contribution in [1.29, 1.82) is 0 Å². The van der Waals surface area contributed by atoms with Crippen LogP contribution < -0.4 is 92.3 Å². The molecule has 0 aliphatic heterocycles. The van der Waals surface area contributed by atoms with Gasteiger partial charge in [-0.15, -0.1) is 27.3 Å². The smallest absolute Gasteiger partial charge is 0.161 e. The van der Waals surface area contributed by atoms with Crippen molar-refractivity contribution >= 4 is 253 Å². The van der Waals surface area contributed by atoms with Crippen LogP contribution in [0.3, 0.4) is 0 Å². The lowest BCUT2D eigenvalue weighted by molar-refractivity contribution is 1.17. The zero-order chi connectivity index (χ0) is 50.0. The number of aromatic nitrogens is 2. The van der Waals surface area contributed by atoms with Crippen LogP contribution >= 0.6 is 11.8 Å². The number of nitrogens with zero attached hydrogens (tertiary/aromatic N) is 3. The molecule has 9 rings (SSSR count). The third kappa shape index (κ3) is 8.36.